The fourth-order valence-corrected chi connectivity index (χ4v) is 2.73. The topological polar surface area (TPSA) is 29.1 Å². The Morgan fingerprint density at radius 2 is 1.77 bits per heavy atom. The number of halogens is 2. The number of rotatable bonds is 5. The summed E-state index contributed by atoms with van der Waals surface area (Å²) in [7, 11) is 0. The first-order chi connectivity index (χ1) is 5.71. The summed E-state index contributed by atoms with van der Waals surface area (Å²) >= 11 is 4.04. The highest BCUT2D eigenvalue weighted by molar-refractivity contribution is 14.1. The highest BCUT2D eigenvalue weighted by atomic mass is 127. The molecule has 0 saturated carbocycles. The molecule has 0 aromatic carbocycles. The minimum Gasteiger partial charge on any atom is -0.287 e. The highest BCUT2D eigenvalue weighted by Crippen LogP contribution is 2.35. The van der Waals surface area contributed by atoms with Gasteiger partial charge in [0.1, 0.15) is 0 Å². The molecule has 4 heteroatoms. The molecule has 13 heavy (non-hydrogen) atoms. The zero-order chi connectivity index (χ0) is 10.7. The van der Waals surface area contributed by atoms with Gasteiger partial charge in [0.05, 0.1) is 0 Å². The van der Waals surface area contributed by atoms with Crippen LogP contribution in [-0.2, 0) is 4.79 Å². The van der Waals surface area contributed by atoms with E-state index in [1.807, 2.05) is 36.4 Å². The predicted octanol–water partition coefficient (Wildman–Crippen LogP) is 3.33. The van der Waals surface area contributed by atoms with E-state index in [1.165, 1.54) is 0 Å². The Morgan fingerprint density at radius 1 is 1.31 bits per heavy atom. The SMILES string of the molecule is CC(C)(CNI)CC(C)(C)C(=O)I. The fraction of sp³-hybridized carbons (Fsp3) is 0.889. The third-order valence-corrected chi connectivity index (χ3v) is 3.84. The Labute approximate surface area is 108 Å². The van der Waals surface area contributed by atoms with Crippen LogP contribution < -0.4 is 3.53 Å². The predicted molar refractivity (Wildman–Crippen MR) is 73.2 cm³/mol. The maximum absolute atomic E-state index is 11.3. The van der Waals surface area contributed by atoms with Gasteiger partial charge >= 0.3 is 0 Å². The van der Waals surface area contributed by atoms with Gasteiger partial charge in [-0.1, -0.05) is 27.7 Å². The van der Waals surface area contributed by atoms with Gasteiger partial charge in [-0.15, -0.1) is 0 Å². The summed E-state index contributed by atoms with van der Waals surface area (Å²) < 4.78 is 3.37. The summed E-state index contributed by atoms with van der Waals surface area (Å²) in [5.41, 5.74) is -0.0386. The van der Waals surface area contributed by atoms with Gasteiger partial charge < -0.3 is 0 Å². The zero-order valence-corrected chi connectivity index (χ0v) is 12.9. The van der Waals surface area contributed by atoms with Crippen molar-refractivity contribution < 1.29 is 4.79 Å². The van der Waals surface area contributed by atoms with Crippen molar-refractivity contribution in [2.24, 2.45) is 10.8 Å². The van der Waals surface area contributed by atoms with Crippen molar-refractivity contribution in [2.75, 3.05) is 6.54 Å². The number of hydrogen-bond donors (Lipinski definition) is 1. The number of carbonyl (C=O) groups is 1. The lowest BCUT2D eigenvalue weighted by Gasteiger charge is -2.32. The standard InChI is InChI=1S/C9H17I2NO/c1-8(2,6-12-11)5-9(3,4)7(10)13/h12H,5-6H2,1-4H3. The minimum atomic E-state index is -0.211. The van der Waals surface area contributed by atoms with E-state index < -0.39 is 0 Å². The summed E-state index contributed by atoms with van der Waals surface area (Å²) in [5, 5.41) is 0. The van der Waals surface area contributed by atoms with Crippen LogP contribution in [0.3, 0.4) is 0 Å². The Morgan fingerprint density at radius 3 is 2.08 bits per heavy atom. The summed E-state index contributed by atoms with van der Waals surface area (Å²) in [5.74, 6) is 0. The Hall–Kier alpha value is 1.09. The van der Waals surface area contributed by atoms with E-state index in [-0.39, 0.29) is 14.6 Å². The molecule has 1 N–H and O–H groups in total. The molecule has 0 aliphatic heterocycles. The third kappa shape index (κ3) is 5.51. The molecular weight excluding hydrogens is 392 g/mol. The molecule has 0 unspecified atom stereocenters. The van der Waals surface area contributed by atoms with Crippen molar-refractivity contribution in [1.82, 2.24) is 3.53 Å². The Kier molecular flexibility index (Phi) is 5.69. The van der Waals surface area contributed by atoms with Crippen molar-refractivity contribution in [1.29, 1.82) is 0 Å². The van der Waals surface area contributed by atoms with Crippen LogP contribution >= 0.6 is 45.5 Å². The van der Waals surface area contributed by atoms with Crippen LogP contribution in [0.25, 0.3) is 0 Å². The van der Waals surface area contributed by atoms with E-state index in [1.54, 1.807) is 0 Å². The van der Waals surface area contributed by atoms with Gasteiger partial charge in [0.2, 0.25) is 0 Å². The van der Waals surface area contributed by atoms with Crippen LogP contribution in [0.15, 0.2) is 0 Å². The van der Waals surface area contributed by atoms with Crippen LogP contribution in [0, 0.1) is 10.8 Å². The molecule has 0 amide bonds. The first-order valence-electron chi connectivity index (χ1n) is 4.25. The molecule has 0 fully saturated rings. The number of nitrogens with one attached hydrogen (secondary N) is 1. The first-order valence-corrected chi connectivity index (χ1v) is 6.40. The lowest BCUT2D eigenvalue weighted by Crippen LogP contribution is -2.32. The molecule has 2 nitrogen and oxygen atoms in total. The van der Waals surface area contributed by atoms with E-state index in [2.05, 4.69) is 40.2 Å². The normalized spacial score (nSPS) is 13.1. The third-order valence-electron chi connectivity index (χ3n) is 2.00. The number of hydrogen-bond acceptors (Lipinski definition) is 2. The molecule has 0 aromatic rings. The molecular formula is C9H17I2NO. The molecule has 0 spiro atoms. The van der Waals surface area contributed by atoms with Crippen molar-refractivity contribution in [3.63, 3.8) is 0 Å². The molecule has 0 radical (unpaired) electrons. The second kappa shape index (κ2) is 5.25. The van der Waals surface area contributed by atoms with Crippen molar-refractivity contribution in [3.8, 4) is 0 Å². The summed E-state index contributed by atoms with van der Waals surface area (Å²) in [6, 6.07) is 0. The molecule has 78 valence electrons. The van der Waals surface area contributed by atoms with Gasteiger partial charge in [-0.3, -0.25) is 8.32 Å². The second-order valence-electron chi connectivity index (χ2n) is 4.81. The number of carbonyl (C=O) groups excluding carboxylic acids is 1. The van der Waals surface area contributed by atoms with Crippen LogP contribution in [0.2, 0.25) is 0 Å². The first kappa shape index (κ1) is 14.1. The minimum absolute atomic E-state index is 0.172. The van der Waals surface area contributed by atoms with Crippen LogP contribution in [-0.4, -0.2) is 10.3 Å². The highest BCUT2D eigenvalue weighted by Gasteiger charge is 2.32. The zero-order valence-electron chi connectivity index (χ0n) is 8.58. The summed E-state index contributed by atoms with van der Waals surface area (Å²) in [4.78, 5) is 11.3. The van der Waals surface area contributed by atoms with Gasteiger partial charge in [-0.2, -0.15) is 0 Å². The maximum Gasteiger partial charge on any atom is 0.197 e. The molecule has 0 aromatic heterocycles. The molecule has 0 aliphatic rings. The van der Waals surface area contributed by atoms with Gasteiger partial charge in [-0.05, 0) is 11.8 Å². The van der Waals surface area contributed by atoms with E-state index in [4.69, 9.17) is 0 Å². The average molecular weight is 409 g/mol. The monoisotopic (exact) mass is 409 g/mol. The maximum atomic E-state index is 11.3. The smallest absolute Gasteiger partial charge is 0.197 e. The Balaban J connectivity index is 4.33. The molecule has 0 saturated heterocycles. The van der Waals surface area contributed by atoms with Crippen LogP contribution in [0.1, 0.15) is 34.1 Å². The van der Waals surface area contributed by atoms with E-state index in [0.29, 0.717) is 0 Å². The lowest BCUT2D eigenvalue weighted by molar-refractivity contribution is -0.117. The summed E-state index contributed by atoms with van der Waals surface area (Å²) in [6.07, 6.45) is 0.914. The summed E-state index contributed by atoms with van der Waals surface area (Å²) in [6.45, 7) is 9.31. The fourth-order valence-electron chi connectivity index (χ4n) is 1.51. The van der Waals surface area contributed by atoms with E-state index in [9.17, 15) is 4.79 Å². The van der Waals surface area contributed by atoms with E-state index in [0.717, 1.165) is 13.0 Å². The molecule has 0 bridgehead atoms. The van der Waals surface area contributed by atoms with Gasteiger partial charge in [0, 0.05) is 57.4 Å². The van der Waals surface area contributed by atoms with Crippen molar-refractivity contribution in [3.05, 3.63) is 0 Å². The van der Waals surface area contributed by atoms with Crippen LogP contribution in [0.4, 0.5) is 0 Å². The lowest BCUT2D eigenvalue weighted by atomic mass is 9.76. The van der Waals surface area contributed by atoms with Gasteiger partial charge in [0.25, 0.3) is 0 Å². The molecule has 0 aliphatic carbocycles. The van der Waals surface area contributed by atoms with Gasteiger partial charge in [0.15, 0.2) is 3.79 Å². The van der Waals surface area contributed by atoms with Crippen molar-refractivity contribution in [2.45, 2.75) is 34.1 Å². The average Bonchev–Trinajstić information content (AvgIpc) is 1.83. The second-order valence-corrected chi connectivity index (χ2v) is 6.55. The van der Waals surface area contributed by atoms with Crippen LogP contribution in [0.5, 0.6) is 0 Å². The van der Waals surface area contributed by atoms with Gasteiger partial charge in [-0.25, -0.2) is 0 Å². The Bertz CT molecular complexity index is 190. The molecule has 0 heterocycles. The van der Waals surface area contributed by atoms with Crippen molar-refractivity contribution >= 4 is 49.2 Å². The quantitative estimate of drug-likeness (QED) is 0.429. The molecule has 0 rings (SSSR count). The molecule has 0 atom stereocenters. The largest absolute Gasteiger partial charge is 0.287 e. The van der Waals surface area contributed by atoms with E-state index >= 15 is 0 Å².